The molecule has 0 saturated carbocycles. The summed E-state index contributed by atoms with van der Waals surface area (Å²) in [7, 11) is 0. The van der Waals surface area contributed by atoms with E-state index in [0.29, 0.717) is 27.8 Å². The van der Waals surface area contributed by atoms with Gasteiger partial charge in [0.25, 0.3) is 5.56 Å². The fraction of sp³-hybridized carbons (Fsp3) is 0. The molecule has 0 amide bonds. The molecule has 2 aromatic rings. The van der Waals surface area contributed by atoms with Crippen LogP contribution >= 0.6 is 11.3 Å². The molecule has 4 nitrogen and oxygen atoms in total. The van der Waals surface area contributed by atoms with E-state index in [1.165, 1.54) is 22.2 Å². The second-order valence-electron chi connectivity index (χ2n) is 4.56. The zero-order valence-corrected chi connectivity index (χ0v) is 11.2. The third kappa shape index (κ3) is 1.71. The molecule has 3 heterocycles. The van der Waals surface area contributed by atoms with Crippen molar-refractivity contribution in [2.75, 3.05) is 0 Å². The second kappa shape index (κ2) is 4.23. The molecule has 2 aliphatic rings. The highest BCUT2D eigenvalue weighted by atomic mass is 32.1. The average Bonchev–Trinajstić information content (AvgIpc) is 3.08. The van der Waals surface area contributed by atoms with E-state index < -0.39 is 11.6 Å². The fourth-order valence-corrected chi connectivity index (χ4v) is 2.92. The van der Waals surface area contributed by atoms with Crippen LogP contribution in [0.2, 0.25) is 0 Å². The highest BCUT2D eigenvalue weighted by Gasteiger charge is 2.20. The van der Waals surface area contributed by atoms with Crippen LogP contribution in [0.3, 0.4) is 0 Å². The number of benzene rings is 1. The fourth-order valence-electron chi connectivity index (χ4n) is 2.31. The molecule has 7 heteroatoms. The topological polar surface area (TPSA) is 50.7 Å². The summed E-state index contributed by atoms with van der Waals surface area (Å²) >= 11 is 1.44. The predicted molar refractivity (Wildman–Crippen MR) is 76.1 cm³/mol. The number of pyridine rings is 1. The summed E-state index contributed by atoms with van der Waals surface area (Å²) < 4.78 is 28.0. The van der Waals surface area contributed by atoms with Gasteiger partial charge in [-0.25, -0.2) is 8.78 Å². The molecule has 2 aliphatic heterocycles. The van der Waals surface area contributed by atoms with Gasteiger partial charge in [0.15, 0.2) is 11.6 Å². The van der Waals surface area contributed by atoms with Crippen molar-refractivity contribution in [1.29, 1.82) is 0 Å². The smallest absolute Gasteiger partial charge is 0.282 e. The molecule has 0 unspecified atom stereocenters. The van der Waals surface area contributed by atoms with Crippen molar-refractivity contribution in [2.45, 2.75) is 0 Å². The quantitative estimate of drug-likeness (QED) is 0.587. The van der Waals surface area contributed by atoms with Crippen LogP contribution in [0.4, 0.5) is 8.78 Å². The molecule has 0 fully saturated rings. The predicted octanol–water partition coefficient (Wildman–Crippen LogP) is 3.16. The van der Waals surface area contributed by atoms with Gasteiger partial charge in [-0.05, 0) is 17.5 Å². The number of nitrogens with zero attached hydrogens (tertiary/aromatic N) is 2. The molecule has 0 bridgehead atoms. The van der Waals surface area contributed by atoms with Crippen LogP contribution in [0.1, 0.15) is 0 Å². The molecule has 104 valence electrons. The first-order chi connectivity index (χ1) is 10.1. The van der Waals surface area contributed by atoms with E-state index in [2.05, 4.69) is 10.1 Å². The summed E-state index contributed by atoms with van der Waals surface area (Å²) in [4.78, 5) is 15.1. The third-order valence-electron chi connectivity index (χ3n) is 3.32. The van der Waals surface area contributed by atoms with Gasteiger partial charge in [-0.15, -0.1) is 0 Å². The Labute approximate surface area is 120 Å². The van der Waals surface area contributed by atoms with Gasteiger partial charge in [0.05, 0.1) is 16.8 Å². The second-order valence-corrected chi connectivity index (χ2v) is 5.34. The Kier molecular flexibility index (Phi) is 2.46. The molecule has 0 saturated heterocycles. The molecule has 21 heavy (non-hydrogen) atoms. The lowest BCUT2D eigenvalue weighted by molar-refractivity contribution is 0.510. The summed E-state index contributed by atoms with van der Waals surface area (Å²) in [6.45, 7) is 0. The molecule has 0 spiro atoms. The standard InChI is InChI=1S/C14H7F2N3OS/c15-10-3-8-12(4-11(10)16)17-5-9-13(8)18-19(14(9)20)7-1-2-21-6-7/h1-6,17H. The minimum atomic E-state index is -0.971. The van der Waals surface area contributed by atoms with E-state index in [1.54, 1.807) is 11.4 Å². The van der Waals surface area contributed by atoms with Gasteiger partial charge in [0.1, 0.15) is 5.69 Å². The molecule has 0 radical (unpaired) electrons. The number of fused-ring (bicyclic) bond motifs is 3. The Morgan fingerprint density at radius 2 is 2.05 bits per heavy atom. The Morgan fingerprint density at radius 1 is 1.24 bits per heavy atom. The zero-order valence-electron chi connectivity index (χ0n) is 10.4. The maximum Gasteiger partial charge on any atom is 0.282 e. The number of rotatable bonds is 1. The molecule has 0 aliphatic carbocycles. The van der Waals surface area contributed by atoms with Crippen LogP contribution in [0, 0.1) is 11.6 Å². The third-order valence-corrected chi connectivity index (χ3v) is 3.99. The van der Waals surface area contributed by atoms with Crippen molar-refractivity contribution in [3.63, 3.8) is 0 Å². The maximum absolute atomic E-state index is 13.5. The molecule has 4 rings (SSSR count). The van der Waals surface area contributed by atoms with Crippen LogP contribution in [0.15, 0.2) is 40.0 Å². The first-order valence-corrected chi connectivity index (χ1v) is 7.01. The van der Waals surface area contributed by atoms with E-state index in [9.17, 15) is 13.6 Å². The summed E-state index contributed by atoms with van der Waals surface area (Å²) in [5, 5.41) is 8.25. The molecular weight excluding hydrogens is 296 g/mol. The van der Waals surface area contributed by atoms with Crippen molar-refractivity contribution < 1.29 is 8.78 Å². The number of hydrogen-bond acceptors (Lipinski definition) is 3. The van der Waals surface area contributed by atoms with Crippen molar-refractivity contribution in [3.05, 3.63) is 57.1 Å². The minimum absolute atomic E-state index is 0.300. The summed E-state index contributed by atoms with van der Waals surface area (Å²) in [6, 6.07) is 3.87. The summed E-state index contributed by atoms with van der Waals surface area (Å²) in [5.41, 5.74) is 1.41. The number of halogens is 2. The number of H-pyrrole nitrogens is 1. The SMILES string of the molecule is O=c1c2c[nH]c3cc(F)c(F)cc3c-2nn1-c1ccsc1. The monoisotopic (exact) mass is 303 g/mol. The Morgan fingerprint density at radius 3 is 2.81 bits per heavy atom. The number of aromatic nitrogens is 3. The van der Waals surface area contributed by atoms with Gasteiger partial charge in [-0.1, -0.05) is 0 Å². The first-order valence-electron chi connectivity index (χ1n) is 6.07. The van der Waals surface area contributed by atoms with Crippen molar-refractivity contribution in [3.8, 4) is 16.9 Å². The van der Waals surface area contributed by atoms with Gasteiger partial charge in [-0.3, -0.25) is 4.79 Å². The largest absolute Gasteiger partial charge is 0.360 e. The lowest BCUT2D eigenvalue weighted by Gasteiger charge is -2.03. The van der Waals surface area contributed by atoms with Gasteiger partial charge >= 0.3 is 0 Å². The highest BCUT2D eigenvalue weighted by molar-refractivity contribution is 7.08. The Hall–Kier alpha value is -2.54. The van der Waals surface area contributed by atoms with Crippen LogP contribution in [-0.2, 0) is 0 Å². The van der Waals surface area contributed by atoms with E-state index in [1.807, 2.05) is 5.38 Å². The number of aromatic amines is 1. The van der Waals surface area contributed by atoms with Crippen LogP contribution in [-0.4, -0.2) is 14.8 Å². The van der Waals surface area contributed by atoms with E-state index in [0.717, 1.165) is 12.1 Å². The maximum atomic E-state index is 13.5. The zero-order chi connectivity index (χ0) is 14.6. The normalized spacial score (nSPS) is 11.5. The van der Waals surface area contributed by atoms with Crippen LogP contribution in [0.5, 0.6) is 0 Å². The van der Waals surface area contributed by atoms with E-state index in [-0.39, 0.29) is 5.56 Å². The lowest BCUT2D eigenvalue weighted by atomic mass is 10.1. The van der Waals surface area contributed by atoms with Crippen LogP contribution < -0.4 is 5.56 Å². The summed E-state index contributed by atoms with van der Waals surface area (Å²) in [6.07, 6.45) is 1.47. The highest BCUT2D eigenvalue weighted by Crippen LogP contribution is 2.27. The van der Waals surface area contributed by atoms with E-state index >= 15 is 0 Å². The molecular formula is C14H7F2N3OS. The van der Waals surface area contributed by atoms with Crippen molar-refractivity contribution in [2.24, 2.45) is 0 Å². The van der Waals surface area contributed by atoms with Crippen molar-refractivity contribution >= 4 is 22.2 Å². The first kappa shape index (κ1) is 12.2. The number of hydrogen-bond donors (Lipinski definition) is 1. The van der Waals surface area contributed by atoms with Gasteiger partial charge < -0.3 is 4.98 Å². The molecule has 1 aromatic heterocycles. The number of thiophene rings is 1. The van der Waals surface area contributed by atoms with Gasteiger partial charge in [0, 0.05) is 23.0 Å². The van der Waals surface area contributed by atoms with Crippen LogP contribution in [0.25, 0.3) is 27.8 Å². The molecule has 1 aromatic carbocycles. The van der Waals surface area contributed by atoms with Gasteiger partial charge in [-0.2, -0.15) is 21.1 Å². The minimum Gasteiger partial charge on any atom is -0.360 e. The Bertz CT molecular complexity index is 988. The molecule has 0 atom stereocenters. The number of nitrogens with one attached hydrogen (secondary N) is 1. The average molecular weight is 303 g/mol. The molecule has 1 N–H and O–H groups in total. The lowest BCUT2D eigenvalue weighted by Crippen LogP contribution is -2.13. The van der Waals surface area contributed by atoms with Crippen molar-refractivity contribution in [1.82, 2.24) is 14.8 Å². The Balaban J connectivity index is 2.12. The van der Waals surface area contributed by atoms with Gasteiger partial charge in [0.2, 0.25) is 0 Å². The summed E-state index contributed by atoms with van der Waals surface area (Å²) in [5.74, 6) is -1.92. The van der Waals surface area contributed by atoms with E-state index in [4.69, 9.17) is 0 Å².